The predicted octanol–water partition coefficient (Wildman–Crippen LogP) is 2.17. The van der Waals surface area contributed by atoms with Gasteiger partial charge in [-0.25, -0.2) is 0 Å². The first kappa shape index (κ1) is 16.8. The summed E-state index contributed by atoms with van der Waals surface area (Å²) in [7, 11) is 0. The maximum absolute atomic E-state index is 11.6. The fourth-order valence-electron chi connectivity index (χ4n) is 1.90. The van der Waals surface area contributed by atoms with Gasteiger partial charge in [0.05, 0.1) is 6.61 Å². The summed E-state index contributed by atoms with van der Waals surface area (Å²) in [5, 5.41) is 2.86. The van der Waals surface area contributed by atoms with Gasteiger partial charge in [-0.05, 0) is 36.8 Å². The van der Waals surface area contributed by atoms with E-state index in [1.165, 1.54) is 12.8 Å². The van der Waals surface area contributed by atoms with Crippen molar-refractivity contribution in [2.45, 2.75) is 25.7 Å². The summed E-state index contributed by atoms with van der Waals surface area (Å²) < 4.78 is 5.46. The van der Waals surface area contributed by atoms with E-state index in [2.05, 4.69) is 5.32 Å². The number of anilines is 1. The van der Waals surface area contributed by atoms with Crippen molar-refractivity contribution in [1.29, 1.82) is 0 Å². The maximum atomic E-state index is 11.6. The number of rotatable bonds is 8. The van der Waals surface area contributed by atoms with E-state index in [1.807, 2.05) is 24.3 Å². The minimum Gasteiger partial charge on any atom is -0.399 e. The molecule has 0 spiro atoms. The van der Waals surface area contributed by atoms with E-state index in [4.69, 9.17) is 10.5 Å². The van der Waals surface area contributed by atoms with E-state index >= 15 is 0 Å². The lowest BCUT2D eigenvalue weighted by molar-refractivity contribution is -0.121. The highest BCUT2D eigenvalue weighted by Crippen LogP contribution is 2.28. The summed E-state index contributed by atoms with van der Waals surface area (Å²) in [6.45, 7) is 2.04. The molecule has 0 radical (unpaired) electrons. The molecular weight excluding hydrogens is 276 g/mol. The van der Waals surface area contributed by atoms with Gasteiger partial charge in [-0.15, -0.1) is 12.4 Å². The lowest BCUT2D eigenvalue weighted by Gasteiger charge is -2.07. The molecular formula is C15H23ClN2O2. The van der Waals surface area contributed by atoms with Crippen LogP contribution in [-0.2, 0) is 16.0 Å². The average molecular weight is 299 g/mol. The standard InChI is InChI=1S/C15H22N2O2.ClH/c16-14-4-2-1-3-13(14)7-8-15(18)17-9-10-19-11-12-5-6-12;/h1-4,12H,5-11,16H2,(H,17,18);1H. The second-order valence-electron chi connectivity index (χ2n) is 5.07. The number of halogens is 1. The molecule has 1 fully saturated rings. The Bertz CT molecular complexity index is 422. The molecule has 112 valence electrons. The quantitative estimate of drug-likeness (QED) is 0.571. The summed E-state index contributed by atoms with van der Waals surface area (Å²) in [5.41, 5.74) is 7.61. The number of hydrogen-bond acceptors (Lipinski definition) is 3. The third-order valence-electron chi connectivity index (χ3n) is 3.30. The molecule has 1 aliphatic carbocycles. The number of aryl methyl sites for hydroxylation is 1. The lowest BCUT2D eigenvalue weighted by atomic mass is 10.1. The van der Waals surface area contributed by atoms with E-state index in [9.17, 15) is 4.79 Å². The number of ether oxygens (including phenoxy) is 1. The molecule has 2 rings (SSSR count). The largest absolute Gasteiger partial charge is 0.399 e. The number of nitrogens with two attached hydrogens (primary N) is 1. The second-order valence-corrected chi connectivity index (χ2v) is 5.07. The predicted molar refractivity (Wildman–Crippen MR) is 83.0 cm³/mol. The van der Waals surface area contributed by atoms with Gasteiger partial charge < -0.3 is 15.8 Å². The van der Waals surface area contributed by atoms with Crippen molar-refractivity contribution in [2.24, 2.45) is 5.92 Å². The highest BCUT2D eigenvalue weighted by Gasteiger charge is 2.20. The van der Waals surface area contributed by atoms with Crippen molar-refractivity contribution in [3.63, 3.8) is 0 Å². The molecule has 1 aliphatic rings. The number of nitrogens with one attached hydrogen (secondary N) is 1. The third kappa shape index (κ3) is 6.26. The van der Waals surface area contributed by atoms with Crippen LogP contribution >= 0.6 is 12.4 Å². The molecule has 0 saturated heterocycles. The number of carbonyl (C=O) groups excluding carboxylic acids is 1. The van der Waals surface area contributed by atoms with Gasteiger partial charge >= 0.3 is 0 Å². The minimum absolute atomic E-state index is 0. The zero-order valence-electron chi connectivity index (χ0n) is 11.6. The first-order valence-corrected chi connectivity index (χ1v) is 6.93. The molecule has 0 bridgehead atoms. The SMILES string of the molecule is Cl.Nc1ccccc1CCC(=O)NCCOCC1CC1. The van der Waals surface area contributed by atoms with Gasteiger partial charge in [0.2, 0.25) is 5.91 Å². The van der Waals surface area contributed by atoms with Gasteiger partial charge in [0.1, 0.15) is 0 Å². The molecule has 0 atom stereocenters. The molecule has 0 aromatic heterocycles. The molecule has 0 unspecified atom stereocenters. The first-order valence-electron chi connectivity index (χ1n) is 6.93. The Kier molecular flexibility index (Phi) is 7.41. The van der Waals surface area contributed by atoms with Gasteiger partial charge in [0.15, 0.2) is 0 Å². The van der Waals surface area contributed by atoms with Crippen LogP contribution in [0.15, 0.2) is 24.3 Å². The Labute approximate surface area is 126 Å². The van der Waals surface area contributed by atoms with Crippen LogP contribution in [0.1, 0.15) is 24.8 Å². The second kappa shape index (κ2) is 8.82. The fraction of sp³-hybridized carbons (Fsp3) is 0.533. The highest BCUT2D eigenvalue weighted by molar-refractivity contribution is 5.85. The molecule has 5 heteroatoms. The van der Waals surface area contributed by atoms with E-state index in [1.54, 1.807) is 0 Å². The van der Waals surface area contributed by atoms with Crippen molar-refractivity contribution in [2.75, 3.05) is 25.5 Å². The number of nitrogen functional groups attached to an aromatic ring is 1. The zero-order chi connectivity index (χ0) is 13.5. The van der Waals surface area contributed by atoms with E-state index < -0.39 is 0 Å². The number of para-hydroxylation sites is 1. The van der Waals surface area contributed by atoms with Crippen LogP contribution < -0.4 is 11.1 Å². The van der Waals surface area contributed by atoms with E-state index in [0.717, 1.165) is 23.8 Å². The summed E-state index contributed by atoms with van der Waals surface area (Å²) in [4.78, 5) is 11.6. The molecule has 20 heavy (non-hydrogen) atoms. The molecule has 0 heterocycles. The molecule has 0 aliphatic heterocycles. The minimum atomic E-state index is 0. The van der Waals surface area contributed by atoms with Crippen LogP contribution in [-0.4, -0.2) is 25.7 Å². The molecule has 4 nitrogen and oxygen atoms in total. The van der Waals surface area contributed by atoms with Crippen LogP contribution in [0.2, 0.25) is 0 Å². The van der Waals surface area contributed by atoms with Crippen molar-refractivity contribution < 1.29 is 9.53 Å². The van der Waals surface area contributed by atoms with Gasteiger partial charge in [-0.2, -0.15) is 0 Å². The fourth-order valence-corrected chi connectivity index (χ4v) is 1.90. The number of amides is 1. The number of hydrogen-bond donors (Lipinski definition) is 2. The Morgan fingerprint density at radius 2 is 2.10 bits per heavy atom. The highest BCUT2D eigenvalue weighted by atomic mass is 35.5. The maximum Gasteiger partial charge on any atom is 0.220 e. The van der Waals surface area contributed by atoms with Crippen LogP contribution in [0.25, 0.3) is 0 Å². The molecule has 1 aromatic rings. The van der Waals surface area contributed by atoms with Crippen molar-refractivity contribution >= 4 is 24.0 Å². The van der Waals surface area contributed by atoms with E-state index in [0.29, 0.717) is 26.0 Å². The van der Waals surface area contributed by atoms with Gasteiger partial charge in [-0.3, -0.25) is 4.79 Å². The Balaban J connectivity index is 0.00000200. The molecule has 1 aromatic carbocycles. The van der Waals surface area contributed by atoms with Crippen molar-refractivity contribution in [3.05, 3.63) is 29.8 Å². The summed E-state index contributed by atoms with van der Waals surface area (Å²) in [5.74, 6) is 0.829. The van der Waals surface area contributed by atoms with Gasteiger partial charge in [-0.1, -0.05) is 18.2 Å². The Morgan fingerprint density at radius 3 is 2.80 bits per heavy atom. The van der Waals surface area contributed by atoms with Crippen molar-refractivity contribution in [3.8, 4) is 0 Å². The third-order valence-corrected chi connectivity index (χ3v) is 3.30. The average Bonchev–Trinajstić information content (AvgIpc) is 3.21. The molecule has 1 saturated carbocycles. The zero-order valence-corrected chi connectivity index (χ0v) is 12.5. The lowest BCUT2D eigenvalue weighted by Crippen LogP contribution is -2.27. The number of carbonyl (C=O) groups is 1. The molecule has 3 N–H and O–H groups in total. The Hall–Kier alpha value is -1.26. The summed E-state index contributed by atoms with van der Waals surface area (Å²) in [6, 6.07) is 7.66. The molecule has 1 amide bonds. The summed E-state index contributed by atoms with van der Waals surface area (Å²) in [6.07, 6.45) is 3.74. The number of benzene rings is 1. The monoisotopic (exact) mass is 298 g/mol. The smallest absolute Gasteiger partial charge is 0.220 e. The van der Waals surface area contributed by atoms with Crippen LogP contribution in [0.3, 0.4) is 0 Å². The van der Waals surface area contributed by atoms with Gasteiger partial charge in [0, 0.05) is 25.3 Å². The van der Waals surface area contributed by atoms with Crippen LogP contribution in [0, 0.1) is 5.92 Å². The van der Waals surface area contributed by atoms with Gasteiger partial charge in [0.25, 0.3) is 0 Å². The first-order chi connectivity index (χ1) is 9.25. The van der Waals surface area contributed by atoms with Crippen LogP contribution in [0.5, 0.6) is 0 Å². The Morgan fingerprint density at radius 1 is 1.35 bits per heavy atom. The van der Waals surface area contributed by atoms with Crippen LogP contribution in [0.4, 0.5) is 5.69 Å². The normalized spacial score (nSPS) is 13.6. The topological polar surface area (TPSA) is 64.4 Å². The summed E-state index contributed by atoms with van der Waals surface area (Å²) >= 11 is 0. The van der Waals surface area contributed by atoms with E-state index in [-0.39, 0.29) is 18.3 Å². The van der Waals surface area contributed by atoms with Crippen molar-refractivity contribution in [1.82, 2.24) is 5.32 Å².